The van der Waals surface area contributed by atoms with Crippen molar-refractivity contribution in [2.24, 2.45) is 0 Å². The van der Waals surface area contributed by atoms with Gasteiger partial charge in [0.1, 0.15) is 12.4 Å². The molecule has 3 heteroatoms. The van der Waals surface area contributed by atoms with E-state index in [2.05, 4.69) is 38.2 Å². The number of benzene rings is 2. The van der Waals surface area contributed by atoms with Crippen molar-refractivity contribution < 1.29 is 4.74 Å². The fourth-order valence-corrected chi connectivity index (χ4v) is 2.80. The lowest BCUT2D eigenvalue weighted by atomic mass is 10.0. The summed E-state index contributed by atoms with van der Waals surface area (Å²) in [5.41, 5.74) is 6.17. The molecule has 0 amide bonds. The maximum atomic E-state index is 6.05. The fraction of sp³-hybridized carbons (Fsp3) is 0.333. The average molecular weight is 304 g/mol. The van der Waals surface area contributed by atoms with Gasteiger partial charge in [-0.3, -0.25) is 0 Å². The molecule has 2 nitrogen and oxygen atoms in total. The number of halogens is 1. The van der Waals surface area contributed by atoms with Gasteiger partial charge in [-0.05, 0) is 62.7 Å². The molecule has 0 heterocycles. The first kappa shape index (κ1) is 15.9. The first-order valence-electron chi connectivity index (χ1n) is 7.14. The summed E-state index contributed by atoms with van der Waals surface area (Å²) in [7, 11) is 1.92. The highest BCUT2D eigenvalue weighted by Gasteiger charge is 2.08. The van der Waals surface area contributed by atoms with Gasteiger partial charge in [-0.25, -0.2) is 0 Å². The third kappa shape index (κ3) is 3.99. The van der Waals surface area contributed by atoms with Crippen LogP contribution in [0.15, 0.2) is 30.3 Å². The molecule has 1 N–H and O–H groups in total. The highest BCUT2D eigenvalue weighted by Crippen LogP contribution is 2.25. The molecule has 0 bridgehead atoms. The molecular weight excluding hydrogens is 282 g/mol. The molecule has 0 radical (unpaired) electrons. The van der Waals surface area contributed by atoms with Crippen LogP contribution in [0.2, 0.25) is 5.02 Å². The SMILES string of the molecule is CNCc1cc(Cl)ccc1OCc1c(C)cc(C)cc1C. The summed E-state index contributed by atoms with van der Waals surface area (Å²) in [4.78, 5) is 0. The Bertz CT molecular complexity index is 614. The van der Waals surface area contributed by atoms with Crippen molar-refractivity contribution in [2.75, 3.05) is 7.05 Å². The monoisotopic (exact) mass is 303 g/mol. The topological polar surface area (TPSA) is 21.3 Å². The number of aryl methyl sites for hydroxylation is 3. The lowest BCUT2D eigenvalue weighted by molar-refractivity contribution is 0.301. The number of ether oxygens (including phenoxy) is 1. The maximum absolute atomic E-state index is 6.05. The zero-order chi connectivity index (χ0) is 15.4. The second-order valence-corrected chi connectivity index (χ2v) is 5.88. The standard InChI is InChI=1S/C18H22ClNO/c1-12-7-13(2)17(14(3)8-12)11-21-18-6-5-16(19)9-15(18)10-20-4/h5-9,20H,10-11H2,1-4H3. The summed E-state index contributed by atoms with van der Waals surface area (Å²) in [6, 6.07) is 10.1. The lowest BCUT2D eigenvalue weighted by Crippen LogP contribution is -2.08. The molecule has 0 aliphatic carbocycles. The molecule has 0 saturated heterocycles. The molecule has 0 saturated carbocycles. The van der Waals surface area contributed by atoms with Gasteiger partial charge in [-0.2, -0.15) is 0 Å². The molecule has 2 rings (SSSR count). The number of hydrogen-bond acceptors (Lipinski definition) is 2. The summed E-state index contributed by atoms with van der Waals surface area (Å²) in [5.74, 6) is 0.883. The van der Waals surface area contributed by atoms with Gasteiger partial charge >= 0.3 is 0 Å². The minimum atomic E-state index is 0.580. The molecule has 0 unspecified atom stereocenters. The van der Waals surface area contributed by atoms with E-state index in [1.54, 1.807) is 0 Å². The Kier molecular flexibility index (Phi) is 5.27. The van der Waals surface area contributed by atoms with Crippen LogP contribution in [0.4, 0.5) is 0 Å². The van der Waals surface area contributed by atoms with Gasteiger partial charge in [-0.15, -0.1) is 0 Å². The second kappa shape index (κ2) is 6.97. The van der Waals surface area contributed by atoms with E-state index in [4.69, 9.17) is 16.3 Å². The van der Waals surface area contributed by atoms with E-state index in [9.17, 15) is 0 Å². The fourth-order valence-electron chi connectivity index (χ4n) is 2.60. The predicted octanol–water partition coefficient (Wildman–Crippen LogP) is 4.56. The van der Waals surface area contributed by atoms with Gasteiger partial charge in [0.2, 0.25) is 0 Å². The first-order valence-corrected chi connectivity index (χ1v) is 7.51. The van der Waals surface area contributed by atoms with E-state index >= 15 is 0 Å². The van der Waals surface area contributed by atoms with E-state index in [0.29, 0.717) is 6.61 Å². The summed E-state index contributed by atoms with van der Waals surface area (Å²) in [6.07, 6.45) is 0. The van der Waals surface area contributed by atoms with Gasteiger partial charge in [0.05, 0.1) is 0 Å². The van der Waals surface area contributed by atoms with Crippen LogP contribution < -0.4 is 10.1 Å². The third-order valence-corrected chi connectivity index (χ3v) is 3.84. The van der Waals surface area contributed by atoms with E-state index in [0.717, 1.165) is 22.9 Å². The van der Waals surface area contributed by atoms with Crippen LogP contribution in [0.3, 0.4) is 0 Å². The van der Waals surface area contributed by atoms with E-state index < -0.39 is 0 Å². The van der Waals surface area contributed by atoms with Crippen LogP contribution in [0.25, 0.3) is 0 Å². The first-order chi connectivity index (χ1) is 10.0. The predicted molar refractivity (Wildman–Crippen MR) is 89.2 cm³/mol. The Labute approximate surface area is 132 Å². The van der Waals surface area contributed by atoms with Crippen molar-refractivity contribution in [1.82, 2.24) is 5.32 Å². The Balaban J connectivity index is 2.20. The van der Waals surface area contributed by atoms with Crippen LogP contribution in [0.5, 0.6) is 5.75 Å². The molecule has 0 aliphatic heterocycles. The molecular formula is C18H22ClNO. The largest absolute Gasteiger partial charge is 0.489 e. The normalized spacial score (nSPS) is 10.7. The Morgan fingerprint density at radius 1 is 1.05 bits per heavy atom. The van der Waals surface area contributed by atoms with Crippen LogP contribution in [0, 0.1) is 20.8 Å². The second-order valence-electron chi connectivity index (χ2n) is 5.45. The summed E-state index contributed by atoms with van der Waals surface area (Å²) < 4.78 is 6.03. The zero-order valence-electron chi connectivity index (χ0n) is 13.1. The summed E-state index contributed by atoms with van der Waals surface area (Å²) in [6.45, 7) is 7.71. The molecule has 0 fully saturated rings. The van der Waals surface area contributed by atoms with Crippen LogP contribution in [-0.4, -0.2) is 7.05 Å². The molecule has 2 aromatic rings. The summed E-state index contributed by atoms with van der Waals surface area (Å²) in [5, 5.41) is 3.87. The Hall–Kier alpha value is -1.51. The Morgan fingerprint density at radius 2 is 1.71 bits per heavy atom. The highest BCUT2D eigenvalue weighted by atomic mass is 35.5. The minimum Gasteiger partial charge on any atom is -0.489 e. The van der Waals surface area contributed by atoms with Crippen LogP contribution in [-0.2, 0) is 13.2 Å². The summed E-state index contributed by atoms with van der Waals surface area (Å²) >= 11 is 6.05. The van der Waals surface area contributed by atoms with Crippen molar-refractivity contribution in [3.05, 3.63) is 63.2 Å². The van der Waals surface area contributed by atoms with Gasteiger partial charge in [0.25, 0.3) is 0 Å². The smallest absolute Gasteiger partial charge is 0.124 e. The van der Waals surface area contributed by atoms with Gasteiger partial charge < -0.3 is 10.1 Å². The number of nitrogens with one attached hydrogen (secondary N) is 1. The molecule has 0 aromatic heterocycles. The zero-order valence-corrected chi connectivity index (χ0v) is 13.8. The third-order valence-electron chi connectivity index (χ3n) is 3.60. The van der Waals surface area contributed by atoms with Gasteiger partial charge in [0, 0.05) is 17.1 Å². The number of hydrogen-bond donors (Lipinski definition) is 1. The van der Waals surface area contributed by atoms with Gasteiger partial charge in [-0.1, -0.05) is 29.3 Å². The average Bonchev–Trinajstić information content (AvgIpc) is 2.40. The van der Waals surface area contributed by atoms with E-state index in [-0.39, 0.29) is 0 Å². The quantitative estimate of drug-likeness (QED) is 0.874. The Morgan fingerprint density at radius 3 is 2.33 bits per heavy atom. The number of rotatable bonds is 5. The molecule has 0 aliphatic rings. The maximum Gasteiger partial charge on any atom is 0.124 e. The molecule has 21 heavy (non-hydrogen) atoms. The molecule has 0 atom stereocenters. The molecule has 112 valence electrons. The highest BCUT2D eigenvalue weighted by molar-refractivity contribution is 6.30. The van der Waals surface area contributed by atoms with Crippen molar-refractivity contribution in [3.8, 4) is 5.75 Å². The lowest BCUT2D eigenvalue weighted by Gasteiger charge is -2.15. The van der Waals surface area contributed by atoms with Crippen molar-refractivity contribution in [2.45, 2.75) is 33.9 Å². The van der Waals surface area contributed by atoms with Crippen molar-refractivity contribution in [3.63, 3.8) is 0 Å². The van der Waals surface area contributed by atoms with E-state index in [1.165, 1.54) is 22.3 Å². The molecule has 2 aromatic carbocycles. The van der Waals surface area contributed by atoms with E-state index in [1.807, 2.05) is 25.2 Å². The van der Waals surface area contributed by atoms with Crippen molar-refractivity contribution >= 4 is 11.6 Å². The molecule has 0 spiro atoms. The van der Waals surface area contributed by atoms with Crippen LogP contribution in [0.1, 0.15) is 27.8 Å². The minimum absolute atomic E-state index is 0.580. The van der Waals surface area contributed by atoms with Gasteiger partial charge in [0.15, 0.2) is 0 Å². The van der Waals surface area contributed by atoms with Crippen LogP contribution >= 0.6 is 11.6 Å². The van der Waals surface area contributed by atoms with Crippen molar-refractivity contribution in [1.29, 1.82) is 0 Å².